The van der Waals surface area contributed by atoms with Crippen LogP contribution in [-0.4, -0.2) is 23.5 Å². The summed E-state index contributed by atoms with van der Waals surface area (Å²) >= 11 is 1.82. The van der Waals surface area contributed by atoms with E-state index >= 15 is 0 Å². The molecular weight excluding hydrogens is 247 g/mol. The van der Waals surface area contributed by atoms with Crippen LogP contribution in [0.15, 0.2) is 29.3 Å². The average molecular weight is 266 g/mol. The van der Waals surface area contributed by atoms with Gasteiger partial charge in [0, 0.05) is 11.8 Å². The van der Waals surface area contributed by atoms with Crippen molar-refractivity contribution < 1.29 is 4.39 Å². The number of hydrogen-bond donors (Lipinski definition) is 1. The lowest BCUT2D eigenvalue weighted by Gasteiger charge is -2.08. The molecule has 1 N–H and O–H groups in total. The molecule has 2 nitrogen and oxygen atoms in total. The molecule has 2 rings (SSSR count). The third-order valence-electron chi connectivity index (χ3n) is 2.96. The highest BCUT2D eigenvalue weighted by atomic mass is 32.2. The number of benzene rings is 1. The van der Waals surface area contributed by atoms with Crippen LogP contribution in [0.2, 0.25) is 0 Å². The number of halogens is 1. The molecule has 1 aliphatic rings. The lowest BCUT2D eigenvalue weighted by molar-refractivity contribution is 0.607. The van der Waals surface area contributed by atoms with Crippen molar-refractivity contribution in [1.82, 2.24) is 5.32 Å². The third-order valence-corrected chi connectivity index (χ3v) is 4.17. The number of nitrogens with zero attached hydrogens (tertiary/aromatic N) is 1. The Morgan fingerprint density at radius 3 is 3.06 bits per heavy atom. The van der Waals surface area contributed by atoms with E-state index in [1.165, 1.54) is 18.9 Å². The maximum atomic E-state index is 13.4. The first kappa shape index (κ1) is 13.4. The molecule has 0 aliphatic carbocycles. The summed E-state index contributed by atoms with van der Waals surface area (Å²) in [6.07, 6.45) is 3.12. The van der Waals surface area contributed by atoms with Gasteiger partial charge in [-0.3, -0.25) is 4.99 Å². The molecule has 0 bridgehead atoms. The standard InChI is InChI=1S/C14H19FN2S/c1-2-5-12-10-17-14(18-12)16-9-8-11-6-3-4-7-13(11)15/h3-4,6-7,12H,2,5,8-10H2,1H3,(H,16,17). The number of aliphatic imine (C=N–C) groups is 1. The smallest absolute Gasteiger partial charge is 0.156 e. The van der Waals surface area contributed by atoms with E-state index in [0.29, 0.717) is 11.7 Å². The van der Waals surface area contributed by atoms with Crippen LogP contribution in [0.4, 0.5) is 4.39 Å². The van der Waals surface area contributed by atoms with Crippen LogP contribution in [0.5, 0.6) is 0 Å². The number of hydrogen-bond acceptors (Lipinski definition) is 3. The highest BCUT2D eigenvalue weighted by Crippen LogP contribution is 2.23. The van der Waals surface area contributed by atoms with Gasteiger partial charge in [0.1, 0.15) is 5.82 Å². The summed E-state index contributed by atoms with van der Waals surface area (Å²) in [5.41, 5.74) is 0.763. The van der Waals surface area contributed by atoms with Crippen molar-refractivity contribution in [2.24, 2.45) is 4.99 Å². The average Bonchev–Trinajstić information content (AvgIpc) is 2.80. The van der Waals surface area contributed by atoms with Gasteiger partial charge in [0.15, 0.2) is 5.17 Å². The van der Waals surface area contributed by atoms with Crippen LogP contribution in [0.25, 0.3) is 0 Å². The molecule has 1 unspecified atom stereocenters. The molecule has 0 aromatic heterocycles. The second-order valence-corrected chi connectivity index (χ2v) is 5.73. The van der Waals surface area contributed by atoms with Gasteiger partial charge in [0.25, 0.3) is 0 Å². The zero-order valence-electron chi connectivity index (χ0n) is 10.7. The minimum absolute atomic E-state index is 0.121. The van der Waals surface area contributed by atoms with Crippen molar-refractivity contribution in [1.29, 1.82) is 0 Å². The summed E-state index contributed by atoms with van der Waals surface area (Å²) in [7, 11) is 0. The van der Waals surface area contributed by atoms with Crippen LogP contribution in [-0.2, 0) is 6.42 Å². The number of thioether (sulfide) groups is 1. The number of amidine groups is 1. The molecule has 0 spiro atoms. The molecule has 1 aromatic carbocycles. The molecule has 98 valence electrons. The fourth-order valence-corrected chi connectivity index (χ4v) is 3.14. The molecule has 0 saturated carbocycles. The molecule has 18 heavy (non-hydrogen) atoms. The van der Waals surface area contributed by atoms with E-state index in [1.54, 1.807) is 6.07 Å². The Morgan fingerprint density at radius 1 is 1.44 bits per heavy atom. The maximum absolute atomic E-state index is 13.4. The van der Waals surface area contributed by atoms with E-state index in [2.05, 4.69) is 17.2 Å². The monoisotopic (exact) mass is 266 g/mol. The van der Waals surface area contributed by atoms with Crippen molar-refractivity contribution in [2.45, 2.75) is 31.4 Å². The molecule has 0 fully saturated rings. The molecule has 0 amide bonds. The van der Waals surface area contributed by atoms with Gasteiger partial charge in [-0.1, -0.05) is 43.3 Å². The van der Waals surface area contributed by atoms with Gasteiger partial charge in [-0.25, -0.2) is 4.39 Å². The first-order chi connectivity index (χ1) is 8.79. The Balaban J connectivity index is 1.72. The van der Waals surface area contributed by atoms with E-state index in [9.17, 15) is 4.39 Å². The largest absolute Gasteiger partial charge is 0.365 e. The zero-order valence-corrected chi connectivity index (χ0v) is 11.5. The highest BCUT2D eigenvalue weighted by molar-refractivity contribution is 8.14. The first-order valence-corrected chi connectivity index (χ1v) is 7.36. The Kier molecular flexibility index (Phi) is 5.05. The Hall–Kier alpha value is -1.03. The molecule has 1 atom stereocenters. The SMILES string of the molecule is CCCC1CN=C(NCCc2ccccc2F)S1. The van der Waals surface area contributed by atoms with Gasteiger partial charge < -0.3 is 5.32 Å². The van der Waals surface area contributed by atoms with Crippen molar-refractivity contribution in [3.05, 3.63) is 35.6 Å². The van der Waals surface area contributed by atoms with Gasteiger partial charge in [0.05, 0.1) is 6.54 Å². The molecular formula is C14H19FN2S. The maximum Gasteiger partial charge on any atom is 0.156 e. The summed E-state index contributed by atoms with van der Waals surface area (Å²) in [4.78, 5) is 4.46. The Bertz CT molecular complexity index is 420. The zero-order chi connectivity index (χ0) is 12.8. The van der Waals surface area contributed by atoms with Crippen molar-refractivity contribution in [2.75, 3.05) is 13.1 Å². The van der Waals surface area contributed by atoms with Crippen molar-refractivity contribution >= 4 is 16.9 Å². The van der Waals surface area contributed by atoms with Gasteiger partial charge in [-0.2, -0.15) is 0 Å². The quantitative estimate of drug-likeness (QED) is 0.885. The second kappa shape index (κ2) is 6.78. The van der Waals surface area contributed by atoms with E-state index in [0.717, 1.165) is 23.8 Å². The van der Waals surface area contributed by atoms with Crippen molar-refractivity contribution in [3.63, 3.8) is 0 Å². The summed E-state index contributed by atoms with van der Waals surface area (Å²) in [5.74, 6) is -0.121. The minimum atomic E-state index is -0.121. The molecule has 0 radical (unpaired) electrons. The normalized spacial score (nSPS) is 18.8. The van der Waals surface area contributed by atoms with Gasteiger partial charge in [0.2, 0.25) is 0 Å². The predicted octanol–water partition coefficient (Wildman–Crippen LogP) is 3.23. The first-order valence-electron chi connectivity index (χ1n) is 6.48. The minimum Gasteiger partial charge on any atom is -0.365 e. The Morgan fingerprint density at radius 2 is 2.28 bits per heavy atom. The van der Waals surface area contributed by atoms with Crippen LogP contribution in [0.1, 0.15) is 25.3 Å². The predicted molar refractivity (Wildman–Crippen MR) is 76.7 cm³/mol. The molecule has 1 aromatic rings. The highest BCUT2D eigenvalue weighted by Gasteiger charge is 2.18. The van der Waals surface area contributed by atoms with Crippen LogP contribution in [0.3, 0.4) is 0 Å². The molecule has 4 heteroatoms. The summed E-state index contributed by atoms with van der Waals surface area (Å²) in [5, 5.41) is 4.94. The van der Waals surface area contributed by atoms with E-state index < -0.39 is 0 Å². The summed E-state index contributed by atoms with van der Waals surface area (Å²) < 4.78 is 13.4. The fourth-order valence-electron chi connectivity index (χ4n) is 1.99. The Labute approximate surface area is 112 Å². The van der Waals surface area contributed by atoms with Crippen LogP contribution >= 0.6 is 11.8 Å². The lowest BCUT2D eigenvalue weighted by Crippen LogP contribution is -2.22. The second-order valence-electron chi connectivity index (χ2n) is 4.44. The number of rotatable bonds is 5. The van der Waals surface area contributed by atoms with Crippen LogP contribution < -0.4 is 5.32 Å². The van der Waals surface area contributed by atoms with Crippen LogP contribution in [0, 0.1) is 5.82 Å². The van der Waals surface area contributed by atoms with Gasteiger partial charge in [-0.15, -0.1) is 0 Å². The number of nitrogens with one attached hydrogen (secondary N) is 1. The van der Waals surface area contributed by atoms with Crippen molar-refractivity contribution in [3.8, 4) is 0 Å². The fraction of sp³-hybridized carbons (Fsp3) is 0.500. The molecule has 0 saturated heterocycles. The van der Waals surface area contributed by atoms with Gasteiger partial charge in [-0.05, 0) is 24.5 Å². The third kappa shape index (κ3) is 3.73. The van der Waals surface area contributed by atoms with E-state index in [4.69, 9.17) is 0 Å². The van der Waals surface area contributed by atoms with Gasteiger partial charge >= 0.3 is 0 Å². The summed E-state index contributed by atoms with van der Waals surface area (Å²) in [6.45, 7) is 3.86. The topological polar surface area (TPSA) is 24.4 Å². The molecule has 1 heterocycles. The van der Waals surface area contributed by atoms with E-state index in [1.807, 2.05) is 23.9 Å². The van der Waals surface area contributed by atoms with E-state index in [-0.39, 0.29) is 5.82 Å². The lowest BCUT2D eigenvalue weighted by atomic mass is 10.1. The summed E-state index contributed by atoms with van der Waals surface area (Å²) in [6, 6.07) is 6.94. The molecule has 1 aliphatic heterocycles.